The summed E-state index contributed by atoms with van der Waals surface area (Å²) < 4.78 is 7.40. The number of pyridine rings is 1. The van der Waals surface area contributed by atoms with Crippen LogP contribution in [0.4, 0.5) is 5.82 Å². The van der Waals surface area contributed by atoms with Gasteiger partial charge in [-0.15, -0.1) is 0 Å². The SMILES string of the molecule is CCc1nn(C)c(COc2ccc(C)nc2N)c1Cl. The molecule has 2 N–H and O–H groups in total. The van der Waals surface area contributed by atoms with Crippen molar-refractivity contribution in [1.29, 1.82) is 0 Å². The molecule has 0 bridgehead atoms. The Bertz CT molecular complexity index is 595. The van der Waals surface area contributed by atoms with Gasteiger partial charge in [-0.2, -0.15) is 5.10 Å². The van der Waals surface area contributed by atoms with Gasteiger partial charge in [0.05, 0.1) is 16.4 Å². The molecule has 5 nitrogen and oxygen atoms in total. The summed E-state index contributed by atoms with van der Waals surface area (Å²) in [5.74, 6) is 0.940. The Morgan fingerprint density at radius 3 is 2.74 bits per heavy atom. The second kappa shape index (κ2) is 5.48. The predicted molar refractivity (Wildman–Crippen MR) is 75.3 cm³/mol. The number of ether oxygens (including phenoxy) is 1. The summed E-state index contributed by atoms with van der Waals surface area (Å²) in [5.41, 5.74) is 8.36. The molecular weight excluding hydrogens is 264 g/mol. The monoisotopic (exact) mass is 280 g/mol. The lowest BCUT2D eigenvalue weighted by atomic mass is 10.3. The molecule has 0 atom stereocenters. The number of hydrogen-bond donors (Lipinski definition) is 1. The maximum atomic E-state index is 6.25. The number of aryl methyl sites for hydroxylation is 3. The Balaban J connectivity index is 2.16. The maximum Gasteiger partial charge on any atom is 0.166 e. The normalized spacial score (nSPS) is 10.7. The van der Waals surface area contributed by atoms with E-state index in [0.29, 0.717) is 23.2 Å². The van der Waals surface area contributed by atoms with Crippen molar-refractivity contribution >= 4 is 17.4 Å². The van der Waals surface area contributed by atoms with E-state index in [1.54, 1.807) is 4.68 Å². The molecule has 102 valence electrons. The Labute approximate surface area is 117 Å². The first-order valence-electron chi connectivity index (χ1n) is 6.09. The number of rotatable bonds is 4. The highest BCUT2D eigenvalue weighted by Gasteiger charge is 2.14. The fraction of sp³-hybridized carbons (Fsp3) is 0.385. The molecule has 2 heterocycles. The zero-order valence-corrected chi connectivity index (χ0v) is 12.0. The first-order chi connectivity index (χ1) is 9.02. The topological polar surface area (TPSA) is 66.0 Å². The fourth-order valence-electron chi connectivity index (χ4n) is 1.81. The summed E-state index contributed by atoms with van der Waals surface area (Å²) in [6.45, 7) is 4.21. The molecule has 0 aliphatic carbocycles. The van der Waals surface area contributed by atoms with E-state index < -0.39 is 0 Å². The summed E-state index contributed by atoms with van der Waals surface area (Å²) in [4.78, 5) is 4.15. The van der Waals surface area contributed by atoms with Crippen molar-refractivity contribution < 1.29 is 4.74 Å². The molecule has 19 heavy (non-hydrogen) atoms. The predicted octanol–water partition coefficient (Wildman–Crippen LogP) is 2.50. The smallest absolute Gasteiger partial charge is 0.166 e. The Kier molecular flexibility index (Phi) is 3.95. The third kappa shape index (κ3) is 2.81. The van der Waals surface area contributed by atoms with Crippen LogP contribution in [-0.4, -0.2) is 14.8 Å². The fourth-order valence-corrected chi connectivity index (χ4v) is 2.16. The summed E-state index contributed by atoms with van der Waals surface area (Å²) in [6, 6.07) is 3.66. The van der Waals surface area contributed by atoms with Crippen molar-refractivity contribution in [2.75, 3.05) is 5.73 Å². The molecule has 0 aliphatic rings. The highest BCUT2D eigenvalue weighted by atomic mass is 35.5. The molecule has 0 saturated heterocycles. The molecule has 0 spiro atoms. The Morgan fingerprint density at radius 2 is 2.16 bits per heavy atom. The van der Waals surface area contributed by atoms with Gasteiger partial charge in [0.25, 0.3) is 0 Å². The van der Waals surface area contributed by atoms with Crippen LogP contribution in [0, 0.1) is 6.92 Å². The van der Waals surface area contributed by atoms with Crippen LogP contribution in [-0.2, 0) is 20.1 Å². The zero-order chi connectivity index (χ0) is 14.0. The molecule has 0 radical (unpaired) electrons. The van der Waals surface area contributed by atoms with Gasteiger partial charge in [-0.05, 0) is 25.5 Å². The van der Waals surface area contributed by atoms with E-state index in [9.17, 15) is 0 Å². The first-order valence-corrected chi connectivity index (χ1v) is 6.46. The lowest BCUT2D eigenvalue weighted by Crippen LogP contribution is -2.05. The summed E-state index contributed by atoms with van der Waals surface area (Å²) in [6.07, 6.45) is 0.793. The largest absolute Gasteiger partial charge is 0.483 e. The minimum Gasteiger partial charge on any atom is -0.483 e. The van der Waals surface area contributed by atoms with E-state index in [4.69, 9.17) is 22.1 Å². The second-order valence-corrected chi connectivity index (χ2v) is 4.69. The van der Waals surface area contributed by atoms with Crippen molar-refractivity contribution in [1.82, 2.24) is 14.8 Å². The molecule has 6 heteroatoms. The quantitative estimate of drug-likeness (QED) is 0.934. The van der Waals surface area contributed by atoms with E-state index in [2.05, 4.69) is 10.1 Å². The van der Waals surface area contributed by atoms with E-state index >= 15 is 0 Å². The lowest BCUT2D eigenvalue weighted by molar-refractivity contribution is 0.295. The molecular formula is C13H17ClN4O. The minimum absolute atomic E-state index is 0.317. The van der Waals surface area contributed by atoms with Gasteiger partial charge >= 0.3 is 0 Å². The number of nitrogen functional groups attached to an aromatic ring is 1. The average Bonchev–Trinajstić information content (AvgIpc) is 2.64. The molecule has 0 aliphatic heterocycles. The van der Waals surface area contributed by atoms with Crippen LogP contribution in [0.15, 0.2) is 12.1 Å². The minimum atomic E-state index is 0.317. The first kappa shape index (κ1) is 13.7. The Morgan fingerprint density at radius 1 is 1.42 bits per heavy atom. The third-order valence-corrected chi connectivity index (χ3v) is 3.33. The third-order valence-electron chi connectivity index (χ3n) is 2.89. The number of aromatic nitrogens is 3. The molecule has 0 fully saturated rings. The molecule has 0 saturated carbocycles. The van der Waals surface area contributed by atoms with Crippen LogP contribution in [0.2, 0.25) is 5.02 Å². The number of hydrogen-bond acceptors (Lipinski definition) is 4. The number of nitrogens with two attached hydrogens (primary N) is 1. The van der Waals surface area contributed by atoms with Crippen LogP contribution < -0.4 is 10.5 Å². The van der Waals surface area contributed by atoms with Gasteiger partial charge in [-0.25, -0.2) is 4.98 Å². The van der Waals surface area contributed by atoms with Crippen LogP contribution in [0.3, 0.4) is 0 Å². The van der Waals surface area contributed by atoms with Crippen molar-refractivity contribution in [2.24, 2.45) is 7.05 Å². The van der Waals surface area contributed by atoms with Gasteiger partial charge in [0.15, 0.2) is 11.6 Å². The Hall–Kier alpha value is -1.75. The zero-order valence-electron chi connectivity index (χ0n) is 11.3. The molecule has 0 unspecified atom stereocenters. The van der Waals surface area contributed by atoms with Crippen LogP contribution in [0.1, 0.15) is 24.0 Å². The molecule has 2 aromatic heterocycles. The molecule has 2 aromatic rings. The van der Waals surface area contributed by atoms with Crippen molar-refractivity contribution in [3.8, 4) is 5.75 Å². The van der Waals surface area contributed by atoms with E-state index in [1.807, 2.05) is 33.0 Å². The summed E-state index contributed by atoms with van der Waals surface area (Å²) in [5, 5.41) is 4.99. The van der Waals surface area contributed by atoms with Gasteiger partial charge in [0.2, 0.25) is 0 Å². The van der Waals surface area contributed by atoms with Crippen molar-refractivity contribution in [3.63, 3.8) is 0 Å². The van der Waals surface area contributed by atoms with Gasteiger partial charge in [0, 0.05) is 12.7 Å². The van der Waals surface area contributed by atoms with E-state index in [0.717, 1.165) is 23.5 Å². The summed E-state index contributed by atoms with van der Waals surface area (Å²) >= 11 is 6.25. The highest BCUT2D eigenvalue weighted by molar-refractivity contribution is 6.31. The van der Waals surface area contributed by atoms with Gasteiger partial charge in [0.1, 0.15) is 6.61 Å². The molecule has 2 rings (SSSR count). The average molecular weight is 281 g/mol. The van der Waals surface area contributed by atoms with Crippen molar-refractivity contribution in [3.05, 3.63) is 34.2 Å². The van der Waals surface area contributed by atoms with Gasteiger partial charge in [-0.1, -0.05) is 18.5 Å². The maximum absolute atomic E-state index is 6.25. The summed E-state index contributed by atoms with van der Waals surface area (Å²) in [7, 11) is 1.85. The molecule has 0 amide bonds. The number of nitrogens with zero attached hydrogens (tertiary/aromatic N) is 3. The van der Waals surface area contributed by atoms with Gasteiger partial charge in [-0.3, -0.25) is 4.68 Å². The molecule has 0 aromatic carbocycles. The van der Waals surface area contributed by atoms with Crippen molar-refractivity contribution in [2.45, 2.75) is 26.9 Å². The lowest BCUT2D eigenvalue weighted by Gasteiger charge is -2.09. The number of halogens is 1. The van der Waals surface area contributed by atoms with Gasteiger partial charge < -0.3 is 10.5 Å². The second-order valence-electron chi connectivity index (χ2n) is 4.31. The standard InChI is InChI=1S/C13H17ClN4O/c1-4-9-12(14)10(18(3)17-9)7-19-11-6-5-8(2)16-13(11)15/h5-6H,4,7H2,1-3H3,(H2,15,16). The van der Waals surface area contributed by atoms with Crippen LogP contribution in [0.5, 0.6) is 5.75 Å². The van der Waals surface area contributed by atoms with Crippen LogP contribution in [0.25, 0.3) is 0 Å². The van der Waals surface area contributed by atoms with E-state index in [-0.39, 0.29) is 0 Å². The highest BCUT2D eigenvalue weighted by Crippen LogP contribution is 2.24. The van der Waals surface area contributed by atoms with Crippen LogP contribution >= 0.6 is 11.6 Å². The number of anilines is 1. The van der Waals surface area contributed by atoms with E-state index in [1.165, 1.54) is 0 Å².